The van der Waals surface area contributed by atoms with E-state index in [4.69, 9.17) is 14.2 Å². The first kappa shape index (κ1) is 40.0. The van der Waals surface area contributed by atoms with Crippen LogP contribution in [0.3, 0.4) is 0 Å². The summed E-state index contributed by atoms with van der Waals surface area (Å²) in [5.41, 5.74) is -2.30. The maximum Gasteiger partial charge on any atom is 0.362 e. The summed E-state index contributed by atoms with van der Waals surface area (Å²) in [5, 5.41) is 1.47. The average molecular weight is 764 g/mol. The fraction of sp³-hybridized carbons (Fsp3) is 0.595. The molecule has 0 spiro atoms. The van der Waals surface area contributed by atoms with E-state index in [2.05, 4.69) is 9.17 Å². The third-order valence-electron chi connectivity index (χ3n) is 9.75. The van der Waals surface area contributed by atoms with Crippen LogP contribution in [0.1, 0.15) is 78.6 Å². The second-order valence-electron chi connectivity index (χ2n) is 14.9. The van der Waals surface area contributed by atoms with Crippen molar-refractivity contribution in [2.24, 2.45) is 17.3 Å². The van der Waals surface area contributed by atoms with Gasteiger partial charge in [-0.3, -0.25) is 19.2 Å². The molecule has 0 radical (unpaired) electrons. The van der Waals surface area contributed by atoms with E-state index in [9.17, 15) is 36.4 Å². The lowest BCUT2D eigenvalue weighted by molar-refractivity contribution is -0.159. The Bertz CT molecular complexity index is 1830. The molecule has 1 aromatic heterocycles. The largest absolute Gasteiger partial charge is 0.497 e. The van der Waals surface area contributed by atoms with E-state index in [1.807, 2.05) is 12.1 Å². The molecule has 3 heterocycles. The van der Waals surface area contributed by atoms with E-state index >= 15 is 0 Å². The standard InChI is InChI=1S/C37H47F2N3O10S/c1-36(2,3)52-32(44)17-24-10-8-6-5-7-9-11-25-19-37(25,35(46)41-53(47,48)50-22-31(38)39)20-30(43)29-18-27(21-42(29)34(24)45)51-33-28-13-12-26(49-4)16-23(28)14-15-40-33/h9,11-16,24-25,27,29,31H,5-8,10,17-22H2,1-4H3,(H,41,46)/b11-9-/t24-,25-,27-,29+,37-/m1/s1. The van der Waals surface area contributed by atoms with Crippen LogP contribution in [0.15, 0.2) is 42.6 Å². The van der Waals surface area contributed by atoms with Gasteiger partial charge in [0, 0.05) is 30.3 Å². The van der Waals surface area contributed by atoms with Gasteiger partial charge in [0.1, 0.15) is 24.1 Å². The van der Waals surface area contributed by atoms with Gasteiger partial charge in [0.2, 0.25) is 17.7 Å². The maximum absolute atomic E-state index is 14.4. The highest BCUT2D eigenvalue weighted by Gasteiger charge is 2.61. The Balaban J connectivity index is 1.46. The number of pyridine rings is 1. The molecule has 16 heteroatoms. The maximum atomic E-state index is 14.4. The molecule has 5 rings (SSSR count). The SMILES string of the molecule is COc1ccc2c(O[C@@H]3C[C@H]4C(=O)C[C@]5(C(=O)NS(=O)(=O)OCC(F)F)C[C@H]5/C=C\CCCCC[C@H](CC(=O)OC(C)(C)C)C(=O)N4C3)nccc2c1. The van der Waals surface area contributed by atoms with Crippen LogP contribution in [0.25, 0.3) is 10.8 Å². The smallest absolute Gasteiger partial charge is 0.362 e. The molecule has 2 aliphatic heterocycles. The fourth-order valence-corrected chi connectivity index (χ4v) is 7.88. The third-order valence-corrected chi connectivity index (χ3v) is 10.6. The molecule has 1 aromatic carbocycles. The number of ether oxygens (including phenoxy) is 3. The highest BCUT2D eigenvalue weighted by Crippen LogP contribution is 2.57. The van der Waals surface area contributed by atoms with Gasteiger partial charge in [-0.25, -0.2) is 22.7 Å². The molecule has 53 heavy (non-hydrogen) atoms. The third kappa shape index (κ3) is 10.3. The number of amides is 2. The lowest BCUT2D eigenvalue weighted by atomic mass is 9.90. The van der Waals surface area contributed by atoms with Crippen molar-refractivity contribution in [1.29, 1.82) is 0 Å². The Morgan fingerprint density at radius 2 is 1.91 bits per heavy atom. The van der Waals surface area contributed by atoms with Crippen molar-refractivity contribution < 1.29 is 54.8 Å². The molecule has 0 bridgehead atoms. The number of alkyl halides is 2. The molecule has 1 aliphatic carbocycles. The summed E-state index contributed by atoms with van der Waals surface area (Å²) in [6, 6.07) is 6.07. The van der Waals surface area contributed by atoms with Gasteiger partial charge in [-0.05, 0) is 82.0 Å². The second kappa shape index (κ2) is 16.5. The topological polar surface area (TPSA) is 168 Å². The van der Waals surface area contributed by atoms with E-state index in [1.54, 1.807) is 63.1 Å². The summed E-state index contributed by atoms with van der Waals surface area (Å²) in [5.74, 6) is -2.95. The van der Waals surface area contributed by atoms with Crippen molar-refractivity contribution in [2.45, 2.75) is 103 Å². The van der Waals surface area contributed by atoms with E-state index in [0.717, 1.165) is 18.2 Å². The normalized spacial score (nSPS) is 26.2. The molecule has 3 aliphatic rings. The number of ketones is 1. The van der Waals surface area contributed by atoms with Crippen LogP contribution in [0.4, 0.5) is 8.78 Å². The van der Waals surface area contributed by atoms with E-state index in [0.29, 0.717) is 30.4 Å². The van der Waals surface area contributed by atoms with Gasteiger partial charge in [-0.1, -0.05) is 25.0 Å². The number of allylic oxidation sites excluding steroid dienone is 2. The van der Waals surface area contributed by atoms with Crippen molar-refractivity contribution in [3.63, 3.8) is 0 Å². The van der Waals surface area contributed by atoms with Gasteiger partial charge in [-0.2, -0.15) is 8.42 Å². The highest BCUT2D eigenvalue weighted by atomic mass is 32.2. The first-order valence-corrected chi connectivity index (χ1v) is 19.2. The molecule has 13 nitrogen and oxygen atoms in total. The number of halogens is 2. The van der Waals surface area contributed by atoms with Crippen LogP contribution >= 0.6 is 0 Å². The van der Waals surface area contributed by atoms with Gasteiger partial charge in [-0.15, -0.1) is 0 Å². The van der Waals surface area contributed by atoms with Crippen molar-refractivity contribution in [3.05, 3.63) is 42.6 Å². The number of fused-ring (bicyclic) bond motifs is 3. The van der Waals surface area contributed by atoms with E-state index in [-0.39, 0.29) is 31.7 Å². The van der Waals surface area contributed by atoms with Crippen molar-refractivity contribution in [1.82, 2.24) is 14.6 Å². The molecular formula is C37H47F2N3O10S. The first-order valence-electron chi connectivity index (χ1n) is 17.8. The number of Topliss-reactive ketones (excluding diaryl/α,β-unsaturated/α-hetero) is 1. The molecule has 290 valence electrons. The summed E-state index contributed by atoms with van der Waals surface area (Å²) in [7, 11) is -3.35. The van der Waals surface area contributed by atoms with Gasteiger partial charge in [0.05, 0.1) is 31.5 Å². The minimum atomic E-state index is -4.90. The summed E-state index contributed by atoms with van der Waals surface area (Å²) < 4.78 is 73.5. The van der Waals surface area contributed by atoms with Crippen molar-refractivity contribution in [2.75, 3.05) is 20.3 Å². The number of rotatable bonds is 10. The number of methoxy groups -OCH3 is 1. The van der Waals surface area contributed by atoms with Gasteiger partial charge >= 0.3 is 16.3 Å². The lowest BCUT2D eigenvalue weighted by Crippen LogP contribution is -2.46. The molecule has 2 aromatic rings. The molecule has 2 fully saturated rings. The van der Waals surface area contributed by atoms with Gasteiger partial charge in [0.25, 0.3) is 6.43 Å². The summed E-state index contributed by atoms with van der Waals surface area (Å²) >= 11 is 0. The Morgan fingerprint density at radius 3 is 2.62 bits per heavy atom. The molecule has 0 unspecified atom stereocenters. The Labute approximate surface area is 308 Å². The van der Waals surface area contributed by atoms with Crippen molar-refractivity contribution in [3.8, 4) is 11.6 Å². The zero-order valence-electron chi connectivity index (χ0n) is 30.3. The number of carbonyl (C=O) groups is 4. The zero-order valence-corrected chi connectivity index (χ0v) is 31.2. The molecule has 2 amide bonds. The van der Waals surface area contributed by atoms with Crippen LogP contribution in [-0.2, 0) is 38.4 Å². The number of nitrogens with zero attached hydrogens (tertiary/aromatic N) is 2. The number of esters is 1. The highest BCUT2D eigenvalue weighted by molar-refractivity contribution is 7.85. The monoisotopic (exact) mass is 763 g/mol. The number of carbonyl (C=O) groups excluding carboxylic acids is 4. The minimum absolute atomic E-state index is 0.0212. The summed E-state index contributed by atoms with van der Waals surface area (Å²) in [6.45, 7) is 3.74. The lowest BCUT2D eigenvalue weighted by Gasteiger charge is -2.29. The molecule has 1 N–H and O–H groups in total. The molecule has 1 saturated heterocycles. The van der Waals surface area contributed by atoms with Crippen LogP contribution in [0.5, 0.6) is 11.6 Å². The van der Waals surface area contributed by atoms with E-state index in [1.165, 1.54) is 4.90 Å². The molecule has 5 atom stereocenters. The Morgan fingerprint density at radius 1 is 1.13 bits per heavy atom. The average Bonchev–Trinajstić information content (AvgIpc) is 3.61. The fourth-order valence-electron chi connectivity index (χ4n) is 7.11. The van der Waals surface area contributed by atoms with Crippen LogP contribution in [-0.4, -0.2) is 86.3 Å². The summed E-state index contributed by atoms with van der Waals surface area (Å²) in [4.78, 5) is 61.2. The molecular weight excluding hydrogens is 716 g/mol. The predicted molar refractivity (Wildman–Crippen MR) is 188 cm³/mol. The number of nitrogens with one attached hydrogen (secondary N) is 1. The van der Waals surface area contributed by atoms with E-state index < -0.39 is 88.3 Å². The van der Waals surface area contributed by atoms with Gasteiger partial charge < -0.3 is 19.1 Å². The predicted octanol–water partition coefficient (Wildman–Crippen LogP) is 5.07. The van der Waals surface area contributed by atoms with Crippen LogP contribution < -0.4 is 14.2 Å². The Hall–Kier alpha value is -4.18. The summed E-state index contributed by atoms with van der Waals surface area (Å²) in [6.07, 6.45) is 4.05. The van der Waals surface area contributed by atoms with Gasteiger partial charge in [0.15, 0.2) is 5.78 Å². The van der Waals surface area contributed by atoms with Crippen molar-refractivity contribution >= 4 is 44.6 Å². The van der Waals surface area contributed by atoms with Crippen LogP contribution in [0.2, 0.25) is 0 Å². The first-order chi connectivity index (χ1) is 25.0. The van der Waals surface area contributed by atoms with Crippen LogP contribution in [0, 0.1) is 17.3 Å². The Kier molecular flexibility index (Phi) is 12.4. The zero-order chi connectivity index (χ0) is 38.6. The number of aromatic nitrogens is 1. The quantitative estimate of drug-likeness (QED) is 0.254. The second-order valence-corrected chi connectivity index (χ2v) is 16.3. The number of hydrogen-bond donors (Lipinski definition) is 1. The minimum Gasteiger partial charge on any atom is -0.497 e. The number of benzene rings is 1. The molecule has 1 saturated carbocycles. The number of hydrogen-bond acceptors (Lipinski definition) is 11.